The Labute approximate surface area is 104 Å². The van der Waals surface area contributed by atoms with E-state index in [0.29, 0.717) is 6.04 Å². The van der Waals surface area contributed by atoms with Crippen molar-refractivity contribution in [2.24, 2.45) is 5.73 Å². The lowest BCUT2D eigenvalue weighted by Crippen LogP contribution is -2.33. The molecule has 1 aromatic heterocycles. The highest BCUT2D eigenvalue weighted by Gasteiger charge is 2.18. The Balaban J connectivity index is 2.22. The Kier molecular flexibility index (Phi) is 4.00. The first-order valence-electron chi connectivity index (χ1n) is 6.66. The summed E-state index contributed by atoms with van der Waals surface area (Å²) >= 11 is 0. The smallest absolute Gasteiger partial charge is 0.129 e. The number of pyridine rings is 1. The van der Waals surface area contributed by atoms with Crippen LogP contribution in [0.1, 0.15) is 51.1 Å². The van der Waals surface area contributed by atoms with Crippen LogP contribution >= 0.6 is 0 Å². The summed E-state index contributed by atoms with van der Waals surface area (Å²) in [6.45, 7) is 5.44. The molecule has 1 aliphatic heterocycles. The molecule has 3 heteroatoms. The molecule has 1 aromatic rings. The molecular weight excluding hydrogens is 210 g/mol. The van der Waals surface area contributed by atoms with Crippen LogP contribution in [0.3, 0.4) is 0 Å². The lowest BCUT2D eigenvalue weighted by molar-refractivity contribution is 0.610. The highest BCUT2D eigenvalue weighted by Crippen LogP contribution is 2.24. The SMILES string of the molecule is CC1CCCCCN1c1cc([C@@H](C)N)ccn1. The summed E-state index contributed by atoms with van der Waals surface area (Å²) in [5, 5.41) is 0. The highest BCUT2D eigenvalue weighted by molar-refractivity contribution is 5.42. The lowest BCUT2D eigenvalue weighted by Gasteiger charge is -2.28. The average molecular weight is 233 g/mol. The summed E-state index contributed by atoms with van der Waals surface area (Å²) in [6.07, 6.45) is 7.10. The molecule has 1 saturated heterocycles. The van der Waals surface area contributed by atoms with Crippen LogP contribution in [0.4, 0.5) is 5.82 Å². The van der Waals surface area contributed by atoms with Crippen LogP contribution in [0.2, 0.25) is 0 Å². The van der Waals surface area contributed by atoms with Crippen LogP contribution in [0.25, 0.3) is 0 Å². The summed E-state index contributed by atoms with van der Waals surface area (Å²) in [5.41, 5.74) is 7.10. The van der Waals surface area contributed by atoms with Gasteiger partial charge in [-0.25, -0.2) is 4.98 Å². The van der Waals surface area contributed by atoms with Crippen LogP contribution < -0.4 is 10.6 Å². The first-order chi connectivity index (χ1) is 8.18. The van der Waals surface area contributed by atoms with Gasteiger partial charge in [0.05, 0.1) is 0 Å². The molecule has 0 aromatic carbocycles. The van der Waals surface area contributed by atoms with Crippen LogP contribution in [-0.2, 0) is 0 Å². The second-order valence-corrected chi connectivity index (χ2v) is 5.13. The normalized spacial score (nSPS) is 23.2. The Morgan fingerprint density at radius 1 is 1.41 bits per heavy atom. The number of anilines is 1. The Morgan fingerprint density at radius 3 is 3.00 bits per heavy atom. The molecule has 2 N–H and O–H groups in total. The molecule has 1 unspecified atom stereocenters. The van der Waals surface area contributed by atoms with E-state index < -0.39 is 0 Å². The van der Waals surface area contributed by atoms with E-state index in [4.69, 9.17) is 5.73 Å². The van der Waals surface area contributed by atoms with Gasteiger partial charge < -0.3 is 10.6 Å². The number of hydrogen-bond donors (Lipinski definition) is 1. The van der Waals surface area contributed by atoms with Crippen molar-refractivity contribution in [3.8, 4) is 0 Å². The van der Waals surface area contributed by atoms with Crippen LogP contribution in [0.5, 0.6) is 0 Å². The third kappa shape index (κ3) is 2.97. The number of rotatable bonds is 2. The molecule has 2 atom stereocenters. The number of hydrogen-bond acceptors (Lipinski definition) is 3. The first kappa shape index (κ1) is 12.4. The van der Waals surface area contributed by atoms with Crippen molar-refractivity contribution < 1.29 is 0 Å². The van der Waals surface area contributed by atoms with Gasteiger partial charge in [0, 0.05) is 24.8 Å². The molecule has 1 aliphatic rings. The third-order valence-electron chi connectivity index (χ3n) is 3.64. The topological polar surface area (TPSA) is 42.1 Å². The van der Waals surface area contributed by atoms with E-state index in [9.17, 15) is 0 Å². The minimum Gasteiger partial charge on any atom is -0.354 e. The van der Waals surface area contributed by atoms with E-state index >= 15 is 0 Å². The molecule has 0 radical (unpaired) electrons. The van der Waals surface area contributed by atoms with Crippen molar-refractivity contribution in [1.82, 2.24) is 4.98 Å². The van der Waals surface area contributed by atoms with Gasteiger partial charge in [0.1, 0.15) is 5.82 Å². The zero-order valence-corrected chi connectivity index (χ0v) is 10.9. The minimum absolute atomic E-state index is 0.0824. The molecule has 0 amide bonds. The van der Waals surface area contributed by atoms with Crippen LogP contribution in [-0.4, -0.2) is 17.6 Å². The number of nitrogens with zero attached hydrogens (tertiary/aromatic N) is 2. The molecule has 94 valence electrons. The maximum atomic E-state index is 5.93. The van der Waals surface area contributed by atoms with Crippen molar-refractivity contribution in [3.63, 3.8) is 0 Å². The van der Waals surface area contributed by atoms with Gasteiger partial charge in [-0.1, -0.05) is 12.8 Å². The number of aromatic nitrogens is 1. The average Bonchev–Trinajstić information content (AvgIpc) is 2.54. The van der Waals surface area contributed by atoms with E-state index in [2.05, 4.69) is 22.9 Å². The molecule has 0 bridgehead atoms. The van der Waals surface area contributed by atoms with E-state index in [1.807, 2.05) is 19.2 Å². The van der Waals surface area contributed by atoms with Crippen molar-refractivity contribution in [2.45, 2.75) is 51.6 Å². The highest BCUT2D eigenvalue weighted by atomic mass is 15.2. The third-order valence-corrected chi connectivity index (χ3v) is 3.64. The quantitative estimate of drug-likeness (QED) is 0.854. The van der Waals surface area contributed by atoms with Gasteiger partial charge in [0.25, 0.3) is 0 Å². The molecule has 0 aliphatic carbocycles. The fourth-order valence-electron chi connectivity index (χ4n) is 2.49. The van der Waals surface area contributed by atoms with Gasteiger partial charge in [0.15, 0.2) is 0 Å². The monoisotopic (exact) mass is 233 g/mol. The molecule has 0 spiro atoms. The predicted molar refractivity (Wildman–Crippen MR) is 72.1 cm³/mol. The van der Waals surface area contributed by atoms with Gasteiger partial charge in [0.2, 0.25) is 0 Å². The van der Waals surface area contributed by atoms with Crippen molar-refractivity contribution >= 4 is 5.82 Å². The van der Waals surface area contributed by atoms with E-state index in [1.165, 1.54) is 31.2 Å². The Hall–Kier alpha value is -1.09. The first-order valence-corrected chi connectivity index (χ1v) is 6.66. The Bertz CT molecular complexity index is 362. The van der Waals surface area contributed by atoms with Crippen molar-refractivity contribution in [2.75, 3.05) is 11.4 Å². The molecular formula is C14H23N3. The van der Waals surface area contributed by atoms with Crippen molar-refractivity contribution in [1.29, 1.82) is 0 Å². The zero-order valence-electron chi connectivity index (χ0n) is 10.9. The van der Waals surface area contributed by atoms with Gasteiger partial charge in [-0.05, 0) is 44.4 Å². The molecule has 2 rings (SSSR count). The summed E-state index contributed by atoms with van der Waals surface area (Å²) in [4.78, 5) is 6.94. The van der Waals surface area contributed by atoms with E-state index in [-0.39, 0.29) is 6.04 Å². The molecule has 3 nitrogen and oxygen atoms in total. The largest absolute Gasteiger partial charge is 0.354 e. The standard InChI is InChI=1S/C14H23N3/c1-11-6-4-3-5-9-17(11)14-10-13(12(2)15)7-8-16-14/h7-8,10-12H,3-6,9,15H2,1-2H3/t11?,12-/m1/s1. The van der Waals surface area contributed by atoms with Crippen molar-refractivity contribution in [3.05, 3.63) is 23.9 Å². The molecule has 1 fully saturated rings. The van der Waals surface area contributed by atoms with E-state index in [0.717, 1.165) is 12.4 Å². The second kappa shape index (κ2) is 5.50. The predicted octanol–water partition coefficient (Wildman–Crippen LogP) is 2.87. The van der Waals surface area contributed by atoms with Crippen LogP contribution in [0.15, 0.2) is 18.3 Å². The van der Waals surface area contributed by atoms with E-state index in [1.54, 1.807) is 0 Å². The molecule has 2 heterocycles. The molecule has 0 saturated carbocycles. The van der Waals surface area contributed by atoms with Gasteiger partial charge in [-0.15, -0.1) is 0 Å². The summed E-state index contributed by atoms with van der Waals surface area (Å²) in [5.74, 6) is 1.09. The summed E-state index contributed by atoms with van der Waals surface area (Å²) in [7, 11) is 0. The maximum absolute atomic E-state index is 5.93. The maximum Gasteiger partial charge on any atom is 0.129 e. The summed E-state index contributed by atoms with van der Waals surface area (Å²) < 4.78 is 0. The van der Waals surface area contributed by atoms with Crippen LogP contribution in [0, 0.1) is 0 Å². The zero-order chi connectivity index (χ0) is 12.3. The lowest BCUT2D eigenvalue weighted by atomic mass is 10.1. The van der Waals surface area contributed by atoms with Gasteiger partial charge >= 0.3 is 0 Å². The minimum atomic E-state index is 0.0824. The van der Waals surface area contributed by atoms with Gasteiger partial charge in [-0.2, -0.15) is 0 Å². The Morgan fingerprint density at radius 2 is 2.24 bits per heavy atom. The molecule has 17 heavy (non-hydrogen) atoms. The fraction of sp³-hybridized carbons (Fsp3) is 0.643. The second-order valence-electron chi connectivity index (χ2n) is 5.13. The fourth-order valence-corrected chi connectivity index (χ4v) is 2.49. The summed E-state index contributed by atoms with van der Waals surface area (Å²) in [6, 6.07) is 4.83. The number of nitrogens with two attached hydrogens (primary N) is 1. The van der Waals surface area contributed by atoms with Gasteiger partial charge in [-0.3, -0.25) is 0 Å².